The lowest BCUT2D eigenvalue weighted by molar-refractivity contribution is -0.153. The Morgan fingerprint density at radius 1 is 1.30 bits per heavy atom. The molecule has 3 atom stereocenters. The Hall–Kier alpha value is -2.30. The number of alkyl carbamates (subject to hydrolysis) is 1. The van der Waals surface area contributed by atoms with E-state index in [0.717, 1.165) is 18.4 Å². The Bertz CT molecular complexity index is 613. The molecule has 0 saturated heterocycles. The number of methoxy groups -OCH3 is 1. The molecule has 1 N–H and O–H groups in total. The Balaban J connectivity index is 1.57. The van der Waals surface area contributed by atoms with Crippen LogP contribution in [0.4, 0.5) is 4.79 Å². The molecule has 3 aliphatic rings. The van der Waals surface area contributed by atoms with Crippen molar-refractivity contribution in [3.05, 3.63) is 48.0 Å². The lowest BCUT2D eigenvalue weighted by Gasteiger charge is -2.44. The third-order valence-corrected chi connectivity index (χ3v) is 4.80. The molecule has 23 heavy (non-hydrogen) atoms. The molecule has 2 bridgehead atoms. The van der Waals surface area contributed by atoms with Crippen molar-refractivity contribution >= 4 is 12.1 Å². The minimum absolute atomic E-state index is 0.0869. The van der Waals surface area contributed by atoms with E-state index < -0.39 is 11.5 Å². The zero-order valence-corrected chi connectivity index (χ0v) is 13.2. The average Bonchev–Trinajstić information content (AvgIpc) is 2.61. The highest BCUT2D eigenvalue weighted by atomic mass is 16.5. The van der Waals surface area contributed by atoms with Gasteiger partial charge in [-0.2, -0.15) is 0 Å². The number of fused-ring (bicyclic) bond motifs is 2. The van der Waals surface area contributed by atoms with Crippen LogP contribution in [0.3, 0.4) is 0 Å². The van der Waals surface area contributed by atoms with Crippen LogP contribution in [-0.2, 0) is 20.9 Å². The lowest BCUT2D eigenvalue weighted by atomic mass is 9.63. The summed E-state index contributed by atoms with van der Waals surface area (Å²) in [7, 11) is 1.40. The third kappa shape index (κ3) is 3.23. The van der Waals surface area contributed by atoms with Gasteiger partial charge in [0.15, 0.2) is 0 Å². The van der Waals surface area contributed by atoms with Crippen molar-refractivity contribution in [2.75, 3.05) is 7.11 Å². The van der Waals surface area contributed by atoms with Gasteiger partial charge in [-0.3, -0.25) is 4.79 Å². The molecule has 5 heteroatoms. The number of amides is 1. The zero-order chi connectivity index (χ0) is 16.3. The van der Waals surface area contributed by atoms with Crippen LogP contribution < -0.4 is 5.32 Å². The number of benzene rings is 1. The second-order valence-corrected chi connectivity index (χ2v) is 6.23. The first kappa shape index (κ1) is 15.6. The maximum Gasteiger partial charge on any atom is 0.407 e. The molecular formula is C18H21NO4. The number of carbonyl (C=O) groups excluding carboxylic acids is 2. The standard InChI is InChI=1S/C18H21NO4/c1-22-16(20)18-9-7-14(8-10-18)15(11-18)19-17(21)23-12-13-5-3-2-4-6-13/h2-7,9,14-15H,8,10-12H2,1H3,(H,19,21). The molecule has 0 heterocycles. The summed E-state index contributed by atoms with van der Waals surface area (Å²) in [4.78, 5) is 24.1. The highest BCUT2D eigenvalue weighted by Gasteiger charge is 2.48. The normalized spacial score (nSPS) is 28.2. The number of carbonyl (C=O) groups is 2. The first-order valence-corrected chi connectivity index (χ1v) is 7.88. The molecule has 0 aromatic heterocycles. The van der Waals surface area contributed by atoms with E-state index in [-0.39, 0.29) is 24.5 Å². The molecule has 1 amide bonds. The summed E-state index contributed by atoms with van der Waals surface area (Å²) < 4.78 is 10.2. The highest BCUT2D eigenvalue weighted by Crippen LogP contribution is 2.46. The summed E-state index contributed by atoms with van der Waals surface area (Å²) in [5.41, 5.74) is 0.347. The van der Waals surface area contributed by atoms with Crippen molar-refractivity contribution in [2.24, 2.45) is 11.3 Å². The van der Waals surface area contributed by atoms with Crippen LogP contribution in [0.2, 0.25) is 0 Å². The number of nitrogens with one attached hydrogen (secondary N) is 1. The zero-order valence-electron chi connectivity index (χ0n) is 13.2. The van der Waals surface area contributed by atoms with E-state index in [1.807, 2.05) is 42.5 Å². The second-order valence-electron chi connectivity index (χ2n) is 6.23. The highest BCUT2D eigenvalue weighted by molar-refractivity contribution is 5.80. The number of hydrogen-bond acceptors (Lipinski definition) is 4. The predicted molar refractivity (Wildman–Crippen MR) is 84.5 cm³/mol. The molecule has 0 radical (unpaired) electrons. The summed E-state index contributed by atoms with van der Waals surface area (Å²) in [6.45, 7) is 0.238. The van der Waals surface area contributed by atoms with E-state index in [9.17, 15) is 9.59 Å². The monoisotopic (exact) mass is 315 g/mol. The topological polar surface area (TPSA) is 64.6 Å². The van der Waals surface area contributed by atoms with Crippen molar-refractivity contribution in [3.63, 3.8) is 0 Å². The smallest absolute Gasteiger partial charge is 0.407 e. The maximum atomic E-state index is 12.1. The fourth-order valence-electron chi connectivity index (χ4n) is 3.49. The van der Waals surface area contributed by atoms with Gasteiger partial charge in [0.05, 0.1) is 12.5 Å². The minimum Gasteiger partial charge on any atom is -0.468 e. The van der Waals surface area contributed by atoms with Gasteiger partial charge < -0.3 is 14.8 Å². The largest absolute Gasteiger partial charge is 0.468 e. The van der Waals surface area contributed by atoms with Gasteiger partial charge in [0.25, 0.3) is 0 Å². The van der Waals surface area contributed by atoms with E-state index in [4.69, 9.17) is 9.47 Å². The van der Waals surface area contributed by atoms with Gasteiger partial charge in [0, 0.05) is 6.04 Å². The van der Waals surface area contributed by atoms with Crippen LogP contribution in [0.1, 0.15) is 24.8 Å². The van der Waals surface area contributed by atoms with E-state index in [1.165, 1.54) is 7.11 Å². The predicted octanol–water partition coefficient (Wildman–Crippen LogP) is 2.81. The van der Waals surface area contributed by atoms with Crippen molar-refractivity contribution in [1.29, 1.82) is 0 Å². The molecule has 1 aromatic rings. The van der Waals surface area contributed by atoms with Gasteiger partial charge in [-0.1, -0.05) is 42.5 Å². The molecule has 0 aliphatic heterocycles. The number of hydrogen-bond donors (Lipinski definition) is 1. The van der Waals surface area contributed by atoms with Crippen LogP contribution in [0.15, 0.2) is 42.5 Å². The van der Waals surface area contributed by atoms with Crippen LogP contribution in [-0.4, -0.2) is 25.2 Å². The Labute approximate surface area is 135 Å². The number of rotatable bonds is 4. The van der Waals surface area contributed by atoms with E-state index in [2.05, 4.69) is 5.32 Å². The summed E-state index contributed by atoms with van der Waals surface area (Å²) in [6, 6.07) is 9.45. The van der Waals surface area contributed by atoms with Crippen molar-refractivity contribution in [1.82, 2.24) is 5.32 Å². The Morgan fingerprint density at radius 2 is 2.09 bits per heavy atom. The van der Waals surface area contributed by atoms with Gasteiger partial charge in [0.2, 0.25) is 0 Å². The molecule has 3 aliphatic carbocycles. The van der Waals surface area contributed by atoms with Crippen LogP contribution in [0.5, 0.6) is 0 Å². The molecule has 5 nitrogen and oxygen atoms in total. The second kappa shape index (κ2) is 6.44. The van der Waals surface area contributed by atoms with E-state index >= 15 is 0 Å². The molecule has 1 aromatic carbocycles. The minimum atomic E-state index is -0.596. The van der Waals surface area contributed by atoms with Crippen molar-refractivity contribution in [3.8, 4) is 0 Å². The van der Waals surface area contributed by atoms with Gasteiger partial charge in [-0.15, -0.1) is 0 Å². The molecule has 3 unspecified atom stereocenters. The Morgan fingerprint density at radius 3 is 2.74 bits per heavy atom. The molecule has 1 fully saturated rings. The quantitative estimate of drug-likeness (QED) is 0.685. The third-order valence-electron chi connectivity index (χ3n) is 4.80. The summed E-state index contributed by atoms with van der Waals surface area (Å²) in [5, 5.41) is 2.90. The first-order chi connectivity index (χ1) is 11.1. The molecule has 1 saturated carbocycles. The lowest BCUT2D eigenvalue weighted by Crippen LogP contribution is -2.51. The number of esters is 1. The van der Waals surface area contributed by atoms with Gasteiger partial charge in [0.1, 0.15) is 6.61 Å². The number of ether oxygens (including phenoxy) is 2. The van der Waals surface area contributed by atoms with Gasteiger partial charge in [-0.05, 0) is 30.7 Å². The van der Waals surface area contributed by atoms with E-state index in [0.29, 0.717) is 6.42 Å². The molecule has 4 rings (SSSR count). The summed E-state index contributed by atoms with van der Waals surface area (Å²) in [6.07, 6.45) is 5.74. The molecule has 0 spiro atoms. The van der Waals surface area contributed by atoms with E-state index in [1.54, 1.807) is 0 Å². The summed E-state index contributed by atoms with van der Waals surface area (Å²) in [5.74, 6) is 0.0298. The maximum absolute atomic E-state index is 12.1. The fourth-order valence-corrected chi connectivity index (χ4v) is 3.49. The van der Waals surface area contributed by atoms with Crippen LogP contribution >= 0.6 is 0 Å². The SMILES string of the molecule is COC(=O)C12C=CC(CC1)C(NC(=O)OCc1ccccc1)C2. The first-order valence-electron chi connectivity index (χ1n) is 7.88. The van der Waals surface area contributed by atoms with Crippen molar-refractivity contribution in [2.45, 2.75) is 31.9 Å². The van der Waals surface area contributed by atoms with Gasteiger partial charge >= 0.3 is 12.1 Å². The van der Waals surface area contributed by atoms with Crippen LogP contribution in [0.25, 0.3) is 0 Å². The van der Waals surface area contributed by atoms with Crippen LogP contribution in [0, 0.1) is 11.3 Å². The van der Waals surface area contributed by atoms with Gasteiger partial charge in [-0.25, -0.2) is 4.79 Å². The fraction of sp³-hybridized carbons (Fsp3) is 0.444. The Kier molecular flexibility index (Phi) is 4.37. The average molecular weight is 315 g/mol. The van der Waals surface area contributed by atoms with Crippen molar-refractivity contribution < 1.29 is 19.1 Å². The summed E-state index contributed by atoms with van der Waals surface area (Å²) >= 11 is 0. The molecule has 122 valence electrons. The molecular weight excluding hydrogens is 294 g/mol.